The summed E-state index contributed by atoms with van der Waals surface area (Å²) in [4.78, 5) is 12.6. The van der Waals surface area contributed by atoms with Gasteiger partial charge in [0.2, 0.25) is 0 Å². The van der Waals surface area contributed by atoms with E-state index in [0.29, 0.717) is 0 Å². The zero-order valence-electron chi connectivity index (χ0n) is 13.1. The lowest BCUT2D eigenvalue weighted by molar-refractivity contribution is 0.101. The number of nitrogens with one attached hydrogen (secondary N) is 1. The van der Waals surface area contributed by atoms with E-state index >= 15 is 0 Å². The molecule has 114 valence electrons. The number of carbonyl (C=O) groups is 1. The van der Waals surface area contributed by atoms with Crippen molar-refractivity contribution in [2.75, 3.05) is 5.32 Å². The summed E-state index contributed by atoms with van der Waals surface area (Å²) < 4.78 is 3.25. The van der Waals surface area contributed by atoms with Gasteiger partial charge < -0.3 is 9.88 Å². The van der Waals surface area contributed by atoms with Crippen molar-refractivity contribution in [3.63, 3.8) is 0 Å². The highest BCUT2D eigenvalue weighted by Gasteiger charge is 2.18. The minimum atomic E-state index is -0.0543. The summed E-state index contributed by atoms with van der Waals surface area (Å²) in [6.45, 7) is 6.32. The van der Waals surface area contributed by atoms with E-state index in [1.54, 1.807) is 11.3 Å². The summed E-state index contributed by atoms with van der Waals surface area (Å²) in [6, 6.07) is 12.3. The number of hydrogen-bond acceptors (Lipinski definition) is 2. The van der Waals surface area contributed by atoms with E-state index in [1.165, 1.54) is 5.56 Å². The molecular formula is C18H20N2OS. The first-order chi connectivity index (χ1) is 10.6. The number of benzene rings is 1. The molecule has 2 heterocycles. The minimum Gasteiger partial charge on any atom is -0.333 e. The van der Waals surface area contributed by atoms with E-state index in [2.05, 4.69) is 54.2 Å². The Kier molecular flexibility index (Phi) is 4.03. The van der Waals surface area contributed by atoms with Crippen molar-refractivity contribution in [2.45, 2.75) is 33.2 Å². The molecule has 0 fully saturated rings. The van der Waals surface area contributed by atoms with Crippen molar-refractivity contribution < 1.29 is 4.79 Å². The molecule has 0 aliphatic carbocycles. The van der Waals surface area contributed by atoms with Crippen LogP contribution < -0.4 is 5.32 Å². The molecule has 0 bridgehead atoms. The van der Waals surface area contributed by atoms with Gasteiger partial charge >= 0.3 is 0 Å². The topological polar surface area (TPSA) is 34.0 Å². The van der Waals surface area contributed by atoms with Crippen LogP contribution in [0.4, 0.5) is 5.69 Å². The van der Waals surface area contributed by atoms with Crippen LogP contribution in [-0.4, -0.2) is 10.5 Å². The maximum atomic E-state index is 12.6. The summed E-state index contributed by atoms with van der Waals surface area (Å²) in [5.41, 5.74) is 3.95. The molecule has 0 atom stereocenters. The Hall–Kier alpha value is -2.07. The second kappa shape index (κ2) is 5.97. The molecule has 0 unspecified atom stereocenters. The summed E-state index contributed by atoms with van der Waals surface area (Å²) in [5, 5.41) is 5.06. The number of hydrogen-bond donors (Lipinski definition) is 1. The van der Waals surface area contributed by atoms with Gasteiger partial charge in [-0.25, -0.2) is 0 Å². The van der Waals surface area contributed by atoms with Gasteiger partial charge in [0, 0.05) is 11.7 Å². The molecule has 3 aromatic rings. The van der Waals surface area contributed by atoms with Crippen LogP contribution in [-0.2, 0) is 6.42 Å². The Morgan fingerprint density at radius 2 is 1.95 bits per heavy atom. The van der Waals surface area contributed by atoms with Gasteiger partial charge in [-0.1, -0.05) is 19.1 Å². The number of carbonyl (C=O) groups excluding carboxylic acids is 1. The molecule has 3 rings (SSSR count). The fraction of sp³-hybridized carbons (Fsp3) is 0.278. The monoisotopic (exact) mass is 312 g/mol. The van der Waals surface area contributed by atoms with Crippen molar-refractivity contribution in [3.8, 4) is 0 Å². The number of thiophene rings is 1. The van der Waals surface area contributed by atoms with E-state index < -0.39 is 0 Å². The Morgan fingerprint density at radius 1 is 1.23 bits per heavy atom. The lowest BCUT2D eigenvalue weighted by Crippen LogP contribution is -2.18. The molecular weight excluding hydrogens is 292 g/mol. The lowest BCUT2D eigenvalue weighted by atomic mass is 10.1. The molecule has 3 nitrogen and oxygen atoms in total. The Bertz CT molecular complexity index is 796. The Balaban J connectivity index is 1.91. The zero-order chi connectivity index (χ0) is 15.7. The number of rotatable bonds is 4. The third-order valence-corrected chi connectivity index (χ3v) is 4.68. The quantitative estimate of drug-likeness (QED) is 0.714. The Morgan fingerprint density at radius 3 is 2.59 bits per heavy atom. The van der Waals surface area contributed by atoms with Gasteiger partial charge in [-0.3, -0.25) is 4.79 Å². The van der Waals surface area contributed by atoms with E-state index in [4.69, 9.17) is 0 Å². The standard InChI is InChI=1S/C18H20N2OS/c1-4-13-5-7-14(8-6-13)19-18(21)16-11-17-15(9-10-22-17)20(16)12(2)3/h5-12H,4H2,1-3H3,(H,19,21). The predicted molar refractivity (Wildman–Crippen MR) is 94.0 cm³/mol. The first-order valence-electron chi connectivity index (χ1n) is 7.59. The Labute approximate surface area is 134 Å². The minimum absolute atomic E-state index is 0.0543. The fourth-order valence-corrected chi connectivity index (χ4v) is 3.51. The maximum Gasteiger partial charge on any atom is 0.272 e. The van der Waals surface area contributed by atoms with Crippen LogP contribution in [0.3, 0.4) is 0 Å². The van der Waals surface area contributed by atoms with Gasteiger partial charge in [-0.05, 0) is 55.5 Å². The second-order valence-corrected chi connectivity index (χ2v) is 6.62. The van der Waals surface area contributed by atoms with Crippen LogP contribution in [0.5, 0.6) is 0 Å². The number of anilines is 1. The van der Waals surface area contributed by atoms with Gasteiger partial charge in [0.25, 0.3) is 5.91 Å². The van der Waals surface area contributed by atoms with Crippen molar-refractivity contribution in [3.05, 3.63) is 53.0 Å². The third-order valence-electron chi connectivity index (χ3n) is 3.83. The van der Waals surface area contributed by atoms with E-state index in [0.717, 1.165) is 28.0 Å². The average molecular weight is 312 g/mol. The van der Waals surface area contributed by atoms with Crippen molar-refractivity contribution in [2.24, 2.45) is 0 Å². The normalized spacial score (nSPS) is 11.3. The molecule has 4 heteroatoms. The van der Waals surface area contributed by atoms with Gasteiger partial charge in [0.15, 0.2) is 0 Å². The first kappa shape index (κ1) is 14.9. The third kappa shape index (κ3) is 2.66. The van der Waals surface area contributed by atoms with E-state index in [1.807, 2.05) is 18.2 Å². The van der Waals surface area contributed by atoms with Crippen molar-refractivity contribution in [1.82, 2.24) is 4.57 Å². The average Bonchev–Trinajstić information content (AvgIpc) is 3.07. The van der Waals surface area contributed by atoms with Gasteiger partial charge in [-0.2, -0.15) is 0 Å². The van der Waals surface area contributed by atoms with Crippen LogP contribution in [0.1, 0.15) is 42.9 Å². The maximum absolute atomic E-state index is 12.6. The molecule has 2 aromatic heterocycles. The zero-order valence-corrected chi connectivity index (χ0v) is 13.9. The number of amides is 1. The number of fused-ring (bicyclic) bond motifs is 1. The SMILES string of the molecule is CCc1ccc(NC(=O)c2cc3sccc3n2C(C)C)cc1. The lowest BCUT2D eigenvalue weighted by Gasteiger charge is -2.14. The first-order valence-corrected chi connectivity index (χ1v) is 8.47. The fourth-order valence-electron chi connectivity index (χ4n) is 2.69. The van der Waals surface area contributed by atoms with Gasteiger partial charge in [0.1, 0.15) is 5.69 Å². The number of aromatic nitrogens is 1. The highest BCUT2D eigenvalue weighted by Crippen LogP contribution is 2.28. The summed E-state index contributed by atoms with van der Waals surface area (Å²) in [7, 11) is 0. The summed E-state index contributed by atoms with van der Waals surface area (Å²) in [6.07, 6.45) is 1.00. The van der Waals surface area contributed by atoms with Crippen LogP contribution in [0, 0.1) is 0 Å². The molecule has 0 aliphatic rings. The molecule has 22 heavy (non-hydrogen) atoms. The van der Waals surface area contributed by atoms with Gasteiger partial charge in [0.05, 0.1) is 10.2 Å². The molecule has 0 spiro atoms. The van der Waals surface area contributed by atoms with Crippen molar-refractivity contribution >= 4 is 33.1 Å². The molecule has 0 radical (unpaired) electrons. The highest BCUT2D eigenvalue weighted by atomic mass is 32.1. The molecule has 1 amide bonds. The second-order valence-electron chi connectivity index (χ2n) is 5.67. The number of aryl methyl sites for hydroxylation is 1. The smallest absolute Gasteiger partial charge is 0.272 e. The van der Waals surface area contributed by atoms with Crippen LogP contribution in [0.15, 0.2) is 41.8 Å². The van der Waals surface area contributed by atoms with E-state index in [-0.39, 0.29) is 11.9 Å². The molecule has 1 N–H and O–H groups in total. The van der Waals surface area contributed by atoms with Gasteiger partial charge in [-0.15, -0.1) is 11.3 Å². The van der Waals surface area contributed by atoms with Crippen molar-refractivity contribution in [1.29, 1.82) is 0 Å². The van der Waals surface area contributed by atoms with Crippen LogP contribution >= 0.6 is 11.3 Å². The predicted octanol–water partition coefficient (Wildman–Crippen LogP) is 5.10. The molecule has 0 saturated heterocycles. The number of nitrogens with zero attached hydrogens (tertiary/aromatic N) is 1. The highest BCUT2D eigenvalue weighted by molar-refractivity contribution is 7.17. The largest absolute Gasteiger partial charge is 0.333 e. The molecule has 0 saturated carbocycles. The molecule has 1 aromatic carbocycles. The van der Waals surface area contributed by atoms with Crippen LogP contribution in [0.25, 0.3) is 10.2 Å². The van der Waals surface area contributed by atoms with E-state index in [9.17, 15) is 4.79 Å². The summed E-state index contributed by atoms with van der Waals surface area (Å²) in [5.74, 6) is -0.0543. The van der Waals surface area contributed by atoms with Crippen LogP contribution in [0.2, 0.25) is 0 Å². The summed E-state index contributed by atoms with van der Waals surface area (Å²) >= 11 is 1.67. The molecule has 0 aliphatic heterocycles.